The van der Waals surface area contributed by atoms with Crippen LogP contribution in [0.2, 0.25) is 0 Å². The average Bonchev–Trinajstić information content (AvgIpc) is 2.17. The number of pyridine rings is 1. The molecule has 1 aromatic rings. The highest BCUT2D eigenvalue weighted by molar-refractivity contribution is 5.06. The van der Waals surface area contributed by atoms with Crippen LogP contribution in [0.15, 0.2) is 24.5 Å². The molecule has 0 amide bonds. The van der Waals surface area contributed by atoms with E-state index in [1.807, 2.05) is 0 Å². The van der Waals surface area contributed by atoms with Crippen molar-refractivity contribution in [3.05, 3.63) is 30.1 Å². The molecule has 1 nitrogen and oxygen atoms in total. The minimum absolute atomic E-state index is 0. The van der Waals surface area contributed by atoms with Crippen LogP contribution < -0.4 is 17.0 Å². The Labute approximate surface area is 93.6 Å². The fraction of sp³-hybridized carbons (Fsp3) is 0.583. The Hall–Kier alpha value is -0.560. The summed E-state index contributed by atoms with van der Waals surface area (Å²) in [7, 11) is 0. The molecule has 0 atom stereocenters. The first kappa shape index (κ1) is 13.4. The van der Waals surface area contributed by atoms with E-state index in [1.165, 1.54) is 31.2 Å². The summed E-state index contributed by atoms with van der Waals surface area (Å²) in [5, 5.41) is 0. The molecule has 0 aliphatic rings. The summed E-state index contributed by atoms with van der Waals surface area (Å²) >= 11 is 0. The Morgan fingerprint density at radius 1 is 1.07 bits per heavy atom. The standard InChI is InChI=1S/C12H20N.ClH/c1-3-5-9-13-10-7-12(6-4-2)8-11-13;/h7-8,10-11H,3-6,9H2,1-2H3;1H/q+1;/p-1. The second-order valence-electron chi connectivity index (χ2n) is 3.55. The molecule has 14 heavy (non-hydrogen) atoms. The molecule has 0 fully saturated rings. The van der Waals surface area contributed by atoms with Crippen molar-refractivity contribution in [3.63, 3.8) is 0 Å². The summed E-state index contributed by atoms with van der Waals surface area (Å²) in [6, 6.07) is 4.47. The Kier molecular flexibility index (Phi) is 7.50. The van der Waals surface area contributed by atoms with E-state index in [1.54, 1.807) is 0 Å². The molecule has 2 heteroatoms. The van der Waals surface area contributed by atoms with E-state index in [2.05, 4.69) is 42.9 Å². The van der Waals surface area contributed by atoms with Gasteiger partial charge in [0.1, 0.15) is 6.54 Å². The van der Waals surface area contributed by atoms with Gasteiger partial charge in [0, 0.05) is 18.6 Å². The Bertz CT molecular complexity index is 231. The highest BCUT2D eigenvalue weighted by Gasteiger charge is 1.98. The molecular formula is C12H20ClN. The van der Waals surface area contributed by atoms with Gasteiger partial charge in [0.25, 0.3) is 0 Å². The maximum Gasteiger partial charge on any atom is 0.169 e. The zero-order valence-corrected chi connectivity index (χ0v) is 9.93. The number of unbranched alkanes of at least 4 members (excludes halogenated alkanes) is 1. The summed E-state index contributed by atoms with van der Waals surface area (Å²) in [6.07, 6.45) is 9.37. The predicted octanol–water partition coefficient (Wildman–Crippen LogP) is -0.269. The van der Waals surface area contributed by atoms with E-state index < -0.39 is 0 Å². The average molecular weight is 214 g/mol. The summed E-state index contributed by atoms with van der Waals surface area (Å²) in [6.45, 7) is 5.60. The van der Waals surface area contributed by atoms with Crippen molar-refractivity contribution in [3.8, 4) is 0 Å². The van der Waals surface area contributed by atoms with Gasteiger partial charge in [-0.15, -0.1) is 0 Å². The van der Waals surface area contributed by atoms with Gasteiger partial charge in [0.05, 0.1) is 0 Å². The normalized spacial score (nSPS) is 9.57. The van der Waals surface area contributed by atoms with E-state index in [-0.39, 0.29) is 12.4 Å². The van der Waals surface area contributed by atoms with Gasteiger partial charge in [-0.25, -0.2) is 4.57 Å². The van der Waals surface area contributed by atoms with Crippen LogP contribution in [-0.4, -0.2) is 0 Å². The number of aryl methyl sites for hydroxylation is 2. The van der Waals surface area contributed by atoms with Crippen LogP contribution >= 0.6 is 0 Å². The first-order valence-electron chi connectivity index (χ1n) is 5.34. The van der Waals surface area contributed by atoms with Gasteiger partial charge in [-0.1, -0.05) is 26.7 Å². The summed E-state index contributed by atoms with van der Waals surface area (Å²) < 4.78 is 2.27. The zero-order valence-electron chi connectivity index (χ0n) is 9.17. The van der Waals surface area contributed by atoms with Crippen molar-refractivity contribution in [1.82, 2.24) is 0 Å². The van der Waals surface area contributed by atoms with Gasteiger partial charge in [-0.05, 0) is 12.0 Å². The zero-order chi connectivity index (χ0) is 9.52. The van der Waals surface area contributed by atoms with Gasteiger partial charge < -0.3 is 12.4 Å². The number of aromatic nitrogens is 1. The Morgan fingerprint density at radius 2 is 1.71 bits per heavy atom. The van der Waals surface area contributed by atoms with E-state index in [0.717, 1.165) is 6.54 Å². The number of hydrogen-bond acceptors (Lipinski definition) is 0. The van der Waals surface area contributed by atoms with Gasteiger partial charge in [-0.3, -0.25) is 0 Å². The van der Waals surface area contributed by atoms with E-state index in [0.29, 0.717) is 0 Å². The van der Waals surface area contributed by atoms with Crippen LogP contribution in [-0.2, 0) is 13.0 Å². The fourth-order valence-corrected chi connectivity index (χ4v) is 1.43. The first-order chi connectivity index (χ1) is 6.36. The monoisotopic (exact) mass is 213 g/mol. The maximum atomic E-state index is 2.27. The lowest BCUT2D eigenvalue weighted by Gasteiger charge is -1.97. The molecule has 1 aromatic heterocycles. The smallest absolute Gasteiger partial charge is 0.169 e. The third-order valence-electron chi connectivity index (χ3n) is 2.27. The van der Waals surface area contributed by atoms with Crippen LogP contribution in [0.5, 0.6) is 0 Å². The van der Waals surface area contributed by atoms with E-state index >= 15 is 0 Å². The third-order valence-corrected chi connectivity index (χ3v) is 2.27. The van der Waals surface area contributed by atoms with Gasteiger partial charge in [-0.2, -0.15) is 0 Å². The van der Waals surface area contributed by atoms with Crippen LogP contribution in [0.1, 0.15) is 38.7 Å². The van der Waals surface area contributed by atoms with Crippen LogP contribution in [0.4, 0.5) is 0 Å². The van der Waals surface area contributed by atoms with E-state index in [9.17, 15) is 0 Å². The Morgan fingerprint density at radius 3 is 2.21 bits per heavy atom. The van der Waals surface area contributed by atoms with E-state index in [4.69, 9.17) is 0 Å². The molecule has 0 saturated heterocycles. The summed E-state index contributed by atoms with van der Waals surface area (Å²) in [5.41, 5.74) is 1.45. The lowest BCUT2D eigenvalue weighted by atomic mass is 10.1. The minimum Gasteiger partial charge on any atom is -1.00 e. The quantitative estimate of drug-likeness (QED) is 0.594. The number of nitrogens with zero attached hydrogens (tertiary/aromatic N) is 1. The van der Waals surface area contributed by atoms with Crippen molar-refractivity contribution in [2.75, 3.05) is 0 Å². The molecule has 0 bridgehead atoms. The molecule has 0 unspecified atom stereocenters. The third kappa shape index (κ3) is 4.61. The molecular weight excluding hydrogens is 194 g/mol. The van der Waals surface area contributed by atoms with Gasteiger partial charge in [0.15, 0.2) is 12.4 Å². The number of rotatable bonds is 5. The Balaban J connectivity index is 0.00000169. The second kappa shape index (κ2) is 7.81. The summed E-state index contributed by atoms with van der Waals surface area (Å²) in [5.74, 6) is 0. The molecule has 0 aliphatic carbocycles. The highest BCUT2D eigenvalue weighted by Crippen LogP contribution is 1.99. The van der Waals surface area contributed by atoms with Crippen LogP contribution in [0.3, 0.4) is 0 Å². The number of halogens is 1. The molecule has 0 saturated carbocycles. The molecule has 0 aliphatic heterocycles. The lowest BCUT2D eigenvalue weighted by molar-refractivity contribution is -0.697. The highest BCUT2D eigenvalue weighted by atomic mass is 35.5. The van der Waals surface area contributed by atoms with Crippen molar-refractivity contribution < 1.29 is 17.0 Å². The second-order valence-corrected chi connectivity index (χ2v) is 3.55. The molecule has 0 aromatic carbocycles. The predicted molar refractivity (Wildman–Crippen MR) is 55.5 cm³/mol. The molecule has 1 heterocycles. The topological polar surface area (TPSA) is 3.88 Å². The van der Waals surface area contributed by atoms with Crippen molar-refractivity contribution in [1.29, 1.82) is 0 Å². The molecule has 1 rings (SSSR count). The van der Waals surface area contributed by atoms with Crippen LogP contribution in [0.25, 0.3) is 0 Å². The first-order valence-corrected chi connectivity index (χ1v) is 5.34. The SMILES string of the molecule is CCCC[n+]1ccc(CCC)cc1.[Cl-]. The molecule has 0 spiro atoms. The lowest BCUT2D eigenvalue weighted by Crippen LogP contribution is -3.00. The van der Waals surface area contributed by atoms with Gasteiger partial charge >= 0.3 is 0 Å². The fourth-order valence-electron chi connectivity index (χ4n) is 1.43. The van der Waals surface area contributed by atoms with Crippen molar-refractivity contribution in [2.45, 2.75) is 46.1 Å². The number of hydrogen-bond donors (Lipinski definition) is 0. The summed E-state index contributed by atoms with van der Waals surface area (Å²) in [4.78, 5) is 0. The van der Waals surface area contributed by atoms with Crippen LogP contribution in [0, 0.1) is 0 Å². The maximum absolute atomic E-state index is 2.27. The minimum atomic E-state index is 0. The van der Waals surface area contributed by atoms with Crippen molar-refractivity contribution in [2.24, 2.45) is 0 Å². The molecule has 0 radical (unpaired) electrons. The largest absolute Gasteiger partial charge is 1.00 e. The van der Waals surface area contributed by atoms with Gasteiger partial charge in [0.2, 0.25) is 0 Å². The molecule has 80 valence electrons. The molecule has 0 N–H and O–H groups in total. The van der Waals surface area contributed by atoms with Crippen molar-refractivity contribution >= 4 is 0 Å².